The van der Waals surface area contributed by atoms with E-state index in [0.29, 0.717) is 0 Å². The van der Waals surface area contributed by atoms with Crippen molar-refractivity contribution in [2.24, 2.45) is 0 Å². The Hall–Kier alpha value is -1.64. The monoisotopic (exact) mass is 254 g/mol. The average molecular weight is 254 g/mol. The van der Waals surface area contributed by atoms with Crippen LogP contribution in [0.4, 0.5) is 0 Å². The molecule has 2 heteroatoms. The summed E-state index contributed by atoms with van der Waals surface area (Å²) >= 11 is 0. The smallest absolute Gasteiger partial charge is 0.166 e. The van der Waals surface area contributed by atoms with Crippen LogP contribution >= 0.6 is 0 Å². The van der Waals surface area contributed by atoms with Gasteiger partial charge < -0.3 is 10.4 Å². The van der Waals surface area contributed by atoms with Crippen LogP contribution in [-0.2, 0) is 5.60 Å². The molecule has 3 rings (SSSR count). The van der Waals surface area contributed by atoms with Gasteiger partial charge in [-0.1, -0.05) is 60.7 Å². The second-order valence-electron chi connectivity index (χ2n) is 5.27. The van der Waals surface area contributed by atoms with Crippen molar-refractivity contribution in [1.29, 1.82) is 0 Å². The van der Waals surface area contributed by atoms with Gasteiger partial charge in [-0.3, -0.25) is 0 Å². The van der Waals surface area contributed by atoms with E-state index < -0.39 is 5.60 Å². The quantitative estimate of drug-likeness (QED) is 0.858. The maximum atomic E-state index is 11.4. The lowest BCUT2D eigenvalue weighted by molar-refractivity contribution is -0.684. The minimum atomic E-state index is -0.890. The molecule has 1 saturated heterocycles. The van der Waals surface area contributed by atoms with E-state index in [9.17, 15) is 5.11 Å². The lowest BCUT2D eigenvalue weighted by atomic mass is 9.79. The summed E-state index contributed by atoms with van der Waals surface area (Å²) in [5, 5.41) is 13.7. The molecule has 2 nitrogen and oxygen atoms in total. The molecule has 0 amide bonds. The van der Waals surface area contributed by atoms with Gasteiger partial charge in [0.15, 0.2) is 5.60 Å². The van der Waals surface area contributed by atoms with Gasteiger partial charge in [0.05, 0.1) is 6.54 Å². The highest BCUT2D eigenvalue weighted by Crippen LogP contribution is 2.34. The first-order chi connectivity index (χ1) is 9.32. The molecule has 0 spiro atoms. The van der Waals surface area contributed by atoms with E-state index in [1.54, 1.807) is 0 Å². The Morgan fingerprint density at radius 2 is 1.42 bits per heavy atom. The Balaban J connectivity index is 2.10. The molecule has 0 unspecified atom stereocenters. The van der Waals surface area contributed by atoms with Crippen LogP contribution in [-0.4, -0.2) is 17.7 Å². The zero-order chi connectivity index (χ0) is 13.1. The summed E-state index contributed by atoms with van der Waals surface area (Å²) in [4.78, 5) is 0. The third-order valence-electron chi connectivity index (χ3n) is 4.13. The molecule has 1 heterocycles. The van der Waals surface area contributed by atoms with Crippen LogP contribution in [0, 0.1) is 0 Å². The summed E-state index contributed by atoms with van der Waals surface area (Å²) in [6, 6.07) is 20.3. The minimum Gasteiger partial charge on any atom is -0.374 e. The minimum absolute atomic E-state index is 0.206. The predicted octanol–water partition coefficient (Wildman–Crippen LogP) is 1.65. The van der Waals surface area contributed by atoms with Crippen molar-refractivity contribution in [3.8, 4) is 0 Å². The molecule has 2 aromatic rings. The highest BCUT2D eigenvalue weighted by Gasteiger charge is 2.44. The van der Waals surface area contributed by atoms with Crippen LogP contribution < -0.4 is 5.32 Å². The summed E-state index contributed by atoms with van der Waals surface area (Å²) in [7, 11) is 0. The van der Waals surface area contributed by atoms with Gasteiger partial charge in [0.2, 0.25) is 0 Å². The van der Waals surface area contributed by atoms with E-state index >= 15 is 0 Å². The zero-order valence-corrected chi connectivity index (χ0v) is 11.0. The second-order valence-corrected chi connectivity index (χ2v) is 5.27. The number of hydrogen-bond donors (Lipinski definition) is 2. The Kier molecular flexibility index (Phi) is 3.36. The van der Waals surface area contributed by atoms with Gasteiger partial charge in [0, 0.05) is 12.8 Å². The summed E-state index contributed by atoms with van der Waals surface area (Å²) < 4.78 is 0. The fraction of sp³-hybridized carbons (Fsp3) is 0.294. The molecule has 2 aromatic carbocycles. The lowest BCUT2D eigenvalue weighted by Crippen LogP contribution is -2.90. The molecule has 1 aliphatic rings. The number of aliphatic hydroxyl groups is 1. The standard InChI is InChI=1S/C17H19NO/c19-17(16-12-7-13-18-16,14-8-3-1-4-9-14)15-10-5-2-6-11-15/h1-6,8-11,16,18-19H,7,12-13H2/p+1/t16-/m0/s1. The molecule has 0 bridgehead atoms. The maximum absolute atomic E-state index is 11.4. The Morgan fingerprint density at radius 3 is 1.84 bits per heavy atom. The molecule has 19 heavy (non-hydrogen) atoms. The fourth-order valence-corrected chi connectivity index (χ4v) is 3.13. The second kappa shape index (κ2) is 5.16. The van der Waals surface area contributed by atoms with Gasteiger partial charge in [-0.25, -0.2) is 0 Å². The van der Waals surface area contributed by atoms with E-state index in [4.69, 9.17) is 0 Å². The van der Waals surface area contributed by atoms with Crippen molar-refractivity contribution in [2.75, 3.05) is 6.54 Å². The summed E-state index contributed by atoms with van der Waals surface area (Å²) in [5.41, 5.74) is 1.09. The van der Waals surface area contributed by atoms with Crippen LogP contribution in [0.2, 0.25) is 0 Å². The third kappa shape index (κ3) is 2.18. The first-order valence-corrected chi connectivity index (χ1v) is 6.98. The van der Waals surface area contributed by atoms with Crippen LogP contribution in [0.15, 0.2) is 60.7 Å². The molecule has 0 radical (unpaired) electrons. The number of benzene rings is 2. The first kappa shape index (κ1) is 12.4. The van der Waals surface area contributed by atoms with Crippen molar-refractivity contribution in [1.82, 2.24) is 0 Å². The van der Waals surface area contributed by atoms with Crippen molar-refractivity contribution in [3.63, 3.8) is 0 Å². The molecule has 3 N–H and O–H groups in total. The fourth-order valence-electron chi connectivity index (χ4n) is 3.13. The van der Waals surface area contributed by atoms with Crippen molar-refractivity contribution in [2.45, 2.75) is 24.5 Å². The number of rotatable bonds is 3. The number of quaternary nitrogens is 1. The van der Waals surface area contributed by atoms with E-state index in [1.165, 1.54) is 6.42 Å². The van der Waals surface area contributed by atoms with Crippen LogP contribution in [0.25, 0.3) is 0 Å². The number of nitrogens with two attached hydrogens (primary N) is 1. The Bertz CT molecular complexity index is 478. The SMILES string of the molecule is OC(c1ccccc1)(c1ccccc1)[C@@H]1CCC[NH2+]1. The van der Waals surface area contributed by atoms with Gasteiger partial charge in [0.25, 0.3) is 0 Å². The van der Waals surface area contributed by atoms with Crippen molar-refractivity contribution in [3.05, 3.63) is 71.8 Å². The summed E-state index contributed by atoms with van der Waals surface area (Å²) in [6.07, 6.45) is 2.23. The Labute approximate surface area is 114 Å². The van der Waals surface area contributed by atoms with Gasteiger partial charge in [-0.2, -0.15) is 0 Å². The topological polar surface area (TPSA) is 36.8 Å². The van der Waals surface area contributed by atoms with E-state index in [-0.39, 0.29) is 6.04 Å². The van der Waals surface area contributed by atoms with Gasteiger partial charge >= 0.3 is 0 Å². The predicted molar refractivity (Wildman–Crippen MR) is 75.7 cm³/mol. The highest BCUT2D eigenvalue weighted by atomic mass is 16.3. The maximum Gasteiger partial charge on any atom is 0.166 e. The number of hydrogen-bond acceptors (Lipinski definition) is 1. The van der Waals surface area contributed by atoms with E-state index in [2.05, 4.69) is 5.32 Å². The molecule has 1 fully saturated rings. The molecule has 98 valence electrons. The van der Waals surface area contributed by atoms with Gasteiger partial charge in [0.1, 0.15) is 6.04 Å². The largest absolute Gasteiger partial charge is 0.374 e. The van der Waals surface area contributed by atoms with Gasteiger partial charge in [-0.15, -0.1) is 0 Å². The molecule has 0 saturated carbocycles. The third-order valence-corrected chi connectivity index (χ3v) is 4.13. The molecular formula is C17H20NO+. The van der Waals surface area contributed by atoms with E-state index in [1.807, 2.05) is 60.7 Å². The Morgan fingerprint density at radius 1 is 0.895 bits per heavy atom. The van der Waals surface area contributed by atoms with Crippen LogP contribution in [0.5, 0.6) is 0 Å². The molecule has 0 aliphatic carbocycles. The zero-order valence-electron chi connectivity index (χ0n) is 11.0. The van der Waals surface area contributed by atoms with Crippen LogP contribution in [0.1, 0.15) is 24.0 Å². The first-order valence-electron chi connectivity index (χ1n) is 6.98. The van der Waals surface area contributed by atoms with Crippen LogP contribution in [0.3, 0.4) is 0 Å². The lowest BCUT2D eigenvalue weighted by Gasteiger charge is -2.32. The normalized spacial score (nSPS) is 19.5. The average Bonchev–Trinajstić information content (AvgIpc) is 3.03. The molecule has 1 atom stereocenters. The molecule has 0 aromatic heterocycles. The highest BCUT2D eigenvalue weighted by molar-refractivity contribution is 5.37. The van der Waals surface area contributed by atoms with Crippen molar-refractivity contribution >= 4 is 0 Å². The molecule has 1 aliphatic heterocycles. The van der Waals surface area contributed by atoms with E-state index in [0.717, 1.165) is 24.1 Å². The molecular weight excluding hydrogens is 234 g/mol. The summed E-state index contributed by atoms with van der Waals surface area (Å²) in [6.45, 7) is 1.10. The van der Waals surface area contributed by atoms with Gasteiger partial charge in [-0.05, 0) is 11.1 Å². The summed E-state index contributed by atoms with van der Waals surface area (Å²) in [5.74, 6) is 0. The van der Waals surface area contributed by atoms with Crippen molar-refractivity contribution < 1.29 is 10.4 Å².